The van der Waals surface area contributed by atoms with E-state index in [1.807, 2.05) is 19.1 Å². The molecule has 1 aromatic carbocycles. The average Bonchev–Trinajstić information content (AvgIpc) is 3.27. The Labute approximate surface area is 260 Å². The van der Waals surface area contributed by atoms with Gasteiger partial charge in [0.1, 0.15) is 11.6 Å². The second kappa shape index (κ2) is 11.6. The lowest BCUT2D eigenvalue weighted by molar-refractivity contribution is -0.127. The normalized spacial score (nSPS) is 29.1. The molecule has 3 nitrogen and oxygen atoms in total. The van der Waals surface area contributed by atoms with Gasteiger partial charge in [-0.05, 0) is 122 Å². The van der Waals surface area contributed by atoms with Crippen LogP contribution in [-0.4, -0.2) is 12.4 Å². The molecule has 0 amide bonds. The molecule has 3 atom stereocenters. The Morgan fingerprint density at radius 3 is 2.33 bits per heavy atom. The van der Waals surface area contributed by atoms with Gasteiger partial charge in [0.05, 0.1) is 12.0 Å². The molecule has 3 unspecified atom stereocenters. The molecule has 0 bridgehead atoms. The highest BCUT2D eigenvalue weighted by Gasteiger charge is 2.49. The average molecular weight is 591 g/mol. The van der Waals surface area contributed by atoms with Crippen molar-refractivity contribution in [2.24, 2.45) is 33.5 Å². The molecule has 43 heavy (non-hydrogen) atoms. The molecule has 5 rings (SSSR count). The van der Waals surface area contributed by atoms with E-state index in [9.17, 15) is 4.79 Å². The molecular weight excluding hydrogens is 535 g/mol. The second-order valence-corrected chi connectivity index (χ2v) is 16.7. The van der Waals surface area contributed by atoms with Crippen LogP contribution < -0.4 is 0 Å². The molecule has 0 radical (unpaired) electrons. The molecule has 0 N–H and O–H groups in total. The van der Waals surface area contributed by atoms with Crippen LogP contribution in [0, 0.1) is 39.3 Å². The number of benzene rings is 1. The number of rotatable bonds is 7. The van der Waals surface area contributed by atoms with Gasteiger partial charge in [-0.15, -0.1) is 0 Å². The highest BCUT2D eigenvalue weighted by Crippen LogP contribution is 2.56. The van der Waals surface area contributed by atoms with Crippen molar-refractivity contribution in [3.63, 3.8) is 0 Å². The van der Waals surface area contributed by atoms with E-state index in [-0.39, 0.29) is 39.7 Å². The zero-order valence-electron chi connectivity index (χ0n) is 28.3. The third-order valence-electron chi connectivity index (χ3n) is 11.1. The van der Waals surface area contributed by atoms with Gasteiger partial charge in [-0.3, -0.25) is 4.79 Å². The van der Waals surface area contributed by atoms with Crippen LogP contribution in [0.5, 0.6) is 0 Å². The molecule has 0 saturated heterocycles. The lowest BCUT2D eigenvalue weighted by atomic mass is 9.62. The highest BCUT2D eigenvalue weighted by atomic mass is 19.1. The summed E-state index contributed by atoms with van der Waals surface area (Å²) in [7, 11) is 0. The topological polar surface area (TPSA) is 35.5 Å². The van der Waals surface area contributed by atoms with Gasteiger partial charge in [-0.2, -0.15) is 0 Å². The van der Waals surface area contributed by atoms with Gasteiger partial charge in [0.25, 0.3) is 0 Å². The second-order valence-electron chi connectivity index (χ2n) is 16.7. The van der Waals surface area contributed by atoms with Crippen molar-refractivity contribution in [1.82, 2.24) is 0 Å². The maximum atomic E-state index is 15.2. The van der Waals surface area contributed by atoms with Crippen molar-refractivity contribution in [2.45, 2.75) is 126 Å². The Balaban J connectivity index is 1.35. The summed E-state index contributed by atoms with van der Waals surface area (Å²) in [4.78, 5) is 14.2. The first-order chi connectivity index (χ1) is 20.0. The van der Waals surface area contributed by atoms with Crippen LogP contribution in [0.15, 0.2) is 53.0 Å². The predicted octanol–water partition coefficient (Wildman–Crippen LogP) is 10.6. The minimum atomic E-state index is -0.293. The van der Waals surface area contributed by atoms with E-state index in [1.54, 1.807) is 6.07 Å². The number of allylic oxidation sites excluding steroid dienone is 5. The smallest absolute Gasteiger partial charge is 0.201 e. The van der Waals surface area contributed by atoms with Gasteiger partial charge in [0.15, 0.2) is 5.76 Å². The third kappa shape index (κ3) is 6.60. The molecule has 2 saturated carbocycles. The number of ether oxygens (including phenoxy) is 2. The monoisotopic (exact) mass is 590 g/mol. The third-order valence-corrected chi connectivity index (χ3v) is 11.1. The quantitative estimate of drug-likeness (QED) is 0.317. The molecule has 3 aliphatic carbocycles. The maximum Gasteiger partial charge on any atom is 0.201 e. The molecule has 0 spiro atoms. The number of fused-ring (bicyclic) bond motifs is 1. The van der Waals surface area contributed by atoms with Crippen molar-refractivity contribution in [3.05, 3.63) is 70.0 Å². The minimum Gasteiger partial charge on any atom is -0.457 e. The predicted molar refractivity (Wildman–Crippen MR) is 173 cm³/mol. The van der Waals surface area contributed by atoms with Crippen LogP contribution in [-0.2, 0) is 20.9 Å². The molecule has 4 aliphatic rings. The molecule has 0 aromatic heterocycles. The van der Waals surface area contributed by atoms with Crippen LogP contribution >= 0.6 is 0 Å². The van der Waals surface area contributed by atoms with E-state index in [1.165, 1.54) is 36.8 Å². The summed E-state index contributed by atoms with van der Waals surface area (Å²) < 4.78 is 27.3. The molecule has 1 heterocycles. The fourth-order valence-electron chi connectivity index (χ4n) is 8.31. The van der Waals surface area contributed by atoms with Crippen LogP contribution in [0.1, 0.15) is 131 Å². The fourth-order valence-corrected chi connectivity index (χ4v) is 8.31. The van der Waals surface area contributed by atoms with Crippen molar-refractivity contribution >= 4 is 5.78 Å². The number of Topliss-reactive ketones (excluding diaryl/α,β-unsaturated/α-hetero) is 1. The van der Waals surface area contributed by atoms with Gasteiger partial charge in [0, 0.05) is 12.5 Å². The number of hydrogen-bond acceptors (Lipinski definition) is 3. The first-order valence-electron chi connectivity index (χ1n) is 16.8. The Kier molecular flexibility index (Phi) is 8.70. The standard InChI is InChI=1S/C39H55FO3/c1-10-42-24-25-11-13-29(32(40)19-25)27-12-14-30(38(7,8)21-27)34(41)33-23-39(9)22-28(26-15-17-37(5,6)18-16-26)20-31(35(39)43-33)36(2,3)4/h11,13,19-20,23,26-27,30H,10,12,14-18,21-22,24H2,1-9H3. The summed E-state index contributed by atoms with van der Waals surface area (Å²) in [6.45, 7) is 21.2. The zero-order chi connectivity index (χ0) is 31.4. The Hall–Kier alpha value is -2.20. The summed E-state index contributed by atoms with van der Waals surface area (Å²) in [5, 5.41) is 0. The number of carbonyl (C=O) groups excluding carboxylic acids is 1. The number of halogens is 1. The lowest BCUT2D eigenvalue weighted by Gasteiger charge is -2.42. The summed E-state index contributed by atoms with van der Waals surface area (Å²) >= 11 is 0. The first-order valence-corrected chi connectivity index (χ1v) is 16.8. The Morgan fingerprint density at radius 2 is 1.72 bits per heavy atom. The molecule has 1 aliphatic heterocycles. The van der Waals surface area contributed by atoms with Gasteiger partial charge in [0.2, 0.25) is 5.78 Å². The molecule has 236 valence electrons. The van der Waals surface area contributed by atoms with Crippen molar-refractivity contribution < 1.29 is 18.7 Å². The first kappa shape index (κ1) is 32.2. The number of carbonyl (C=O) groups is 1. The van der Waals surface area contributed by atoms with E-state index < -0.39 is 0 Å². The zero-order valence-corrected chi connectivity index (χ0v) is 28.3. The number of hydrogen-bond donors (Lipinski definition) is 0. The summed E-state index contributed by atoms with van der Waals surface area (Å²) in [5.41, 5.74) is 4.19. The molecule has 2 fully saturated rings. The Morgan fingerprint density at radius 1 is 1.02 bits per heavy atom. The van der Waals surface area contributed by atoms with Crippen LogP contribution in [0.25, 0.3) is 0 Å². The SMILES string of the molecule is CCOCc1ccc(C2CCC(C(=O)C3=CC4(C)CC(C5CCC(C)(C)CC5)=CC(C(C)(C)C)=C4O3)C(C)(C)C2)c(F)c1. The van der Waals surface area contributed by atoms with E-state index in [2.05, 4.69) is 67.5 Å². The van der Waals surface area contributed by atoms with Gasteiger partial charge >= 0.3 is 0 Å². The van der Waals surface area contributed by atoms with E-state index in [4.69, 9.17) is 9.47 Å². The van der Waals surface area contributed by atoms with Crippen LogP contribution in [0.3, 0.4) is 0 Å². The van der Waals surface area contributed by atoms with Crippen molar-refractivity contribution in [2.75, 3.05) is 6.61 Å². The van der Waals surface area contributed by atoms with Gasteiger partial charge < -0.3 is 9.47 Å². The summed E-state index contributed by atoms with van der Waals surface area (Å²) in [6.07, 6.45) is 12.8. The number of ketones is 1. The van der Waals surface area contributed by atoms with Gasteiger partial charge in [-0.1, -0.05) is 72.2 Å². The van der Waals surface area contributed by atoms with Crippen LogP contribution in [0.2, 0.25) is 0 Å². The highest BCUT2D eigenvalue weighted by molar-refractivity contribution is 5.97. The fraction of sp³-hybridized carbons (Fsp3) is 0.667. The lowest BCUT2D eigenvalue weighted by Crippen LogP contribution is -2.37. The van der Waals surface area contributed by atoms with E-state index in [0.717, 1.165) is 42.6 Å². The maximum absolute atomic E-state index is 15.2. The van der Waals surface area contributed by atoms with Crippen molar-refractivity contribution in [1.29, 1.82) is 0 Å². The van der Waals surface area contributed by atoms with Gasteiger partial charge in [-0.25, -0.2) is 4.39 Å². The molecule has 1 aromatic rings. The van der Waals surface area contributed by atoms with E-state index in [0.29, 0.717) is 30.3 Å². The van der Waals surface area contributed by atoms with Crippen LogP contribution in [0.4, 0.5) is 4.39 Å². The molecule has 4 heteroatoms. The van der Waals surface area contributed by atoms with Crippen molar-refractivity contribution in [3.8, 4) is 0 Å². The summed E-state index contributed by atoms with van der Waals surface area (Å²) in [5.74, 6) is 2.03. The Bertz CT molecular complexity index is 1330. The van der Waals surface area contributed by atoms with E-state index >= 15 is 4.39 Å². The summed E-state index contributed by atoms with van der Waals surface area (Å²) in [6, 6.07) is 5.53. The largest absolute Gasteiger partial charge is 0.457 e. The minimum absolute atomic E-state index is 0.0812. The molecular formula is C39H55FO3.